The van der Waals surface area contributed by atoms with Gasteiger partial charge < -0.3 is 31.9 Å². The maximum Gasteiger partial charge on any atom is 0.267 e. The van der Waals surface area contributed by atoms with Gasteiger partial charge in [0.05, 0.1) is 0 Å². The van der Waals surface area contributed by atoms with Crippen molar-refractivity contribution in [2.75, 3.05) is 44.6 Å². The van der Waals surface area contributed by atoms with E-state index in [0.717, 1.165) is 25.3 Å². The lowest BCUT2D eigenvalue weighted by molar-refractivity contribution is -0.127. The molecule has 0 aromatic heterocycles. The van der Waals surface area contributed by atoms with Gasteiger partial charge >= 0.3 is 0 Å². The van der Waals surface area contributed by atoms with Gasteiger partial charge in [0.1, 0.15) is 16.0 Å². The summed E-state index contributed by atoms with van der Waals surface area (Å²) in [5.74, 6) is -0.951. The summed E-state index contributed by atoms with van der Waals surface area (Å²) in [5, 5.41) is 6.16. The summed E-state index contributed by atoms with van der Waals surface area (Å²) in [6.45, 7) is 6.32. The third-order valence-electron chi connectivity index (χ3n) is 5.40. The quantitative estimate of drug-likeness (QED) is 0.406. The zero-order valence-corrected chi connectivity index (χ0v) is 18.5. The number of hydrogen-bond acceptors (Lipinski definition) is 7. The molecule has 1 aromatic carbocycles. The fraction of sp³-hybridized carbons (Fsp3) is 0.476. The second-order valence-electron chi connectivity index (χ2n) is 7.53. The van der Waals surface area contributed by atoms with Gasteiger partial charge in [0.2, 0.25) is 5.91 Å². The van der Waals surface area contributed by atoms with Crippen molar-refractivity contribution in [1.82, 2.24) is 15.1 Å². The fourth-order valence-electron chi connectivity index (χ4n) is 3.65. The molecule has 0 aliphatic carbocycles. The van der Waals surface area contributed by atoms with Crippen LogP contribution in [0, 0.1) is 0 Å². The SMILES string of the molecule is CCN1C(=O)[C@@H](CNc2ccc(C(=O)NCCN3CCCC3)cc2)S/C1=C(/N)C(N)=O. The van der Waals surface area contributed by atoms with Gasteiger partial charge in [-0.2, -0.15) is 0 Å². The Labute approximate surface area is 186 Å². The van der Waals surface area contributed by atoms with Gasteiger partial charge in [0, 0.05) is 37.4 Å². The van der Waals surface area contributed by atoms with Gasteiger partial charge in [0.25, 0.3) is 11.8 Å². The molecular weight excluding hydrogens is 416 g/mol. The third-order valence-corrected chi connectivity index (χ3v) is 6.72. The van der Waals surface area contributed by atoms with Crippen LogP contribution in [0.3, 0.4) is 0 Å². The van der Waals surface area contributed by atoms with Crippen LogP contribution >= 0.6 is 11.8 Å². The van der Waals surface area contributed by atoms with Gasteiger partial charge in [0.15, 0.2) is 0 Å². The van der Waals surface area contributed by atoms with E-state index in [-0.39, 0.29) is 17.5 Å². The molecule has 9 nitrogen and oxygen atoms in total. The summed E-state index contributed by atoms with van der Waals surface area (Å²) in [7, 11) is 0. The number of nitrogens with zero attached hydrogens (tertiary/aromatic N) is 2. The Kier molecular flexibility index (Phi) is 7.80. The number of carbonyl (C=O) groups is 3. The van der Waals surface area contributed by atoms with Crippen LogP contribution in [0.1, 0.15) is 30.1 Å². The molecule has 1 atom stereocenters. The van der Waals surface area contributed by atoms with Crippen molar-refractivity contribution in [2.45, 2.75) is 25.0 Å². The van der Waals surface area contributed by atoms with E-state index >= 15 is 0 Å². The summed E-state index contributed by atoms with van der Waals surface area (Å²) < 4.78 is 0. The van der Waals surface area contributed by atoms with Crippen LogP contribution < -0.4 is 22.1 Å². The lowest BCUT2D eigenvalue weighted by Gasteiger charge is -2.15. The van der Waals surface area contributed by atoms with E-state index < -0.39 is 11.2 Å². The predicted octanol–water partition coefficient (Wildman–Crippen LogP) is 0.501. The number of benzene rings is 1. The molecule has 0 saturated carbocycles. The van der Waals surface area contributed by atoms with E-state index in [1.54, 1.807) is 12.1 Å². The predicted molar refractivity (Wildman–Crippen MR) is 122 cm³/mol. The summed E-state index contributed by atoms with van der Waals surface area (Å²) in [4.78, 5) is 40.1. The summed E-state index contributed by atoms with van der Waals surface area (Å²) in [5.41, 5.74) is 12.3. The van der Waals surface area contributed by atoms with Crippen LogP contribution in [0.5, 0.6) is 0 Å². The molecule has 2 heterocycles. The molecule has 3 rings (SSSR count). The summed E-state index contributed by atoms with van der Waals surface area (Å²) >= 11 is 1.23. The zero-order chi connectivity index (χ0) is 22.4. The minimum atomic E-state index is -0.739. The largest absolute Gasteiger partial charge is 0.392 e. The Morgan fingerprint density at radius 1 is 1.16 bits per heavy atom. The second kappa shape index (κ2) is 10.5. The number of anilines is 1. The van der Waals surface area contributed by atoms with Crippen molar-refractivity contribution in [3.05, 3.63) is 40.6 Å². The van der Waals surface area contributed by atoms with E-state index in [2.05, 4.69) is 15.5 Å². The van der Waals surface area contributed by atoms with Crippen LogP contribution in [0.25, 0.3) is 0 Å². The number of carbonyl (C=O) groups excluding carboxylic acids is 3. The summed E-state index contributed by atoms with van der Waals surface area (Å²) in [6.07, 6.45) is 2.47. The van der Waals surface area contributed by atoms with Crippen molar-refractivity contribution in [3.8, 4) is 0 Å². The third kappa shape index (κ3) is 5.71. The minimum Gasteiger partial charge on any atom is -0.392 e. The average molecular weight is 447 g/mol. The molecule has 3 amide bonds. The number of nitrogens with one attached hydrogen (secondary N) is 2. The van der Waals surface area contributed by atoms with Gasteiger partial charge in [-0.3, -0.25) is 14.4 Å². The van der Waals surface area contributed by atoms with Crippen molar-refractivity contribution < 1.29 is 14.4 Å². The molecule has 2 aliphatic heterocycles. The maximum absolute atomic E-state index is 12.6. The van der Waals surface area contributed by atoms with Crippen LogP contribution in [0.4, 0.5) is 5.69 Å². The van der Waals surface area contributed by atoms with E-state index in [1.165, 1.54) is 29.5 Å². The highest BCUT2D eigenvalue weighted by atomic mass is 32.2. The molecule has 31 heavy (non-hydrogen) atoms. The molecule has 0 unspecified atom stereocenters. The number of nitrogens with two attached hydrogens (primary N) is 2. The molecule has 10 heteroatoms. The smallest absolute Gasteiger partial charge is 0.267 e. The number of amides is 3. The first-order valence-electron chi connectivity index (χ1n) is 10.5. The molecule has 6 N–H and O–H groups in total. The van der Waals surface area contributed by atoms with Crippen LogP contribution in [-0.4, -0.2) is 72.0 Å². The minimum absolute atomic E-state index is 0.0946. The molecule has 2 fully saturated rings. The van der Waals surface area contributed by atoms with Crippen molar-refractivity contribution in [3.63, 3.8) is 0 Å². The van der Waals surface area contributed by atoms with E-state index in [0.29, 0.717) is 30.2 Å². The van der Waals surface area contributed by atoms with Gasteiger partial charge in [-0.1, -0.05) is 11.8 Å². The first-order chi connectivity index (χ1) is 14.9. The molecule has 2 saturated heterocycles. The highest BCUT2D eigenvalue weighted by molar-refractivity contribution is 8.04. The molecule has 168 valence electrons. The first kappa shape index (κ1) is 23.0. The average Bonchev–Trinajstić information content (AvgIpc) is 3.39. The monoisotopic (exact) mass is 446 g/mol. The van der Waals surface area contributed by atoms with Gasteiger partial charge in [-0.05, 0) is 57.1 Å². The van der Waals surface area contributed by atoms with E-state index in [1.807, 2.05) is 19.1 Å². The molecule has 0 radical (unpaired) electrons. The standard InChI is InChI=1S/C21H30N6O3S/c1-2-27-20(30)16(31-21(27)17(22)18(23)28)13-25-15-7-5-14(6-8-15)19(29)24-9-12-26-10-3-4-11-26/h5-8,16,25H,2-4,9-13,22H2,1H3,(H2,23,28)(H,24,29)/b21-17+/t16-/m1/s1. The second-order valence-corrected chi connectivity index (χ2v) is 8.73. The lowest BCUT2D eigenvalue weighted by atomic mass is 10.2. The molecular formula is C21H30N6O3S. The highest BCUT2D eigenvalue weighted by Crippen LogP contribution is 2.36. The number of hydrogen-bond donors (Lipinski definition) is 4. The normalized spacial score (nSPS) is 20.7. The number of likely N-dealkylation sites (tertiary alicyclic amines) is 1. The Bertz CT molecular complexity index is 851. The summed E-state index contributed by atoms with van der Waals surface area (Å²) in [6, 6.07) is 7.13. The van der Waals surface area contributed by atoms with Crippen molar-refractivity contribution in [2.24, 2.45) is 11.5 Å². The van der Waals surface area contributed by atoms with Crippen LogP contribution in [0.15, 0.2) is 35.0 Å². The maximum atomic E-state index is 12.6. The number of primary amides is 1. The first-order valence-corrected chi connectivity index (χ1v) is 11.4. The lowest BCUT2D eigenvalue weighted by Crippen LogP contribution is -2.34. The Hall–Kier alpha value is -2.72. The Morgan fingerprint density at radius 3 is 2.45 bits per heavy atom. The van der Waals surface area contributed by atoms with Gasteiger partial charge in [-0.15, -0.1) is 0 Å². The molecule has 1 aromatic rings. The van der Waals surface area contributed by atoms with Crippen molar-refractivity contribution in [1.29, 1.82) is 0 Å². The number of rotatable bonds is 9. The Balaban J connectivity index is 1.50. The van der Waals surface area contributed by atoms with Crippen LogP contribution in [0.2, 0.25) is 0 Å². The van der Waals surface area contributed by atoms with E-state index in [4.69, 9.17) is 11.5 Å². The topological polar surface area (TPSA) is 134 Å². The van der Waals surface area contributed by atoms with Gasteiger partial charge in [-0.25, -0.2) is 0 Å². The molecule has 2 aliphatic rings. The van der Waals surface area contributed by atoms with Crippen LogP contribution in [-0.2, 0) is 9.59 Å². The van der Waals surface area contributed by atoms with Crippen molar-refractivity contribution >= 4 is 35.2 Å². The number of thioether (sulfide) groups is 1. The van der Waals surface area contributed by atoms with E-state index in [9.17, 15) is 14.4 Å². The Morgan fingerprint density at radius 2 is 1.84 bits per heavy atom. The molecule has 0 spiro atoms. The fourth-order valence-corrected chi connectivity index (χ4v) is 4.89. The molecule has 0 bridgehead atoms. The zero-order valence-electron chi connectivity index (χ0n) is 17.7. The highest BCUT2D eigenvalue weighted by Gasteiger charge is 2.37.